The van der Waals surface area contributed by atoms with E-state index in [1.807, 2.05) is 0 Å². The molecule has 0 aliphatic carbocycles. The first-order valence-electron chi connectivity index (χ1n) is 5.65. The van der Waals surface area contributed by atoms with Gasteiger partial charge in [0, 0.05) is 12.5 Å². The zero-order chi connectivity index (χ0) is 10.8. The maximum absolute atomic E-state index is 9.98. The van der Waals surface area contributed by atoms with E-state index in [2.05, 4.69) is 37.4 Å². The maximum Gasteiger partial charge on any atom is 0.0733 e. The summed E-state index contributed by atoms with van der Waals surface area (Å²) < 4.78 is 0. The number of β-amino-alcohol motifs (C(OH)–C–C–N with tert-alkyl or cyclic N) is 1. The van der Waals surface area contributed by atoms with Crippen LogP contribution in [0.4, 0.5) is 0 Å². The third-order valence-corrected chi connectivity index (χ3v) is 3.50. The minimum atomic E-state index is -0.237. The summed E-state index contributed by atoms with van der Waals surface area (Å²) in [6.07, 6.45) is 0.796. The molecule has 2 N–H and O–H groups in total. The maximum atomic E-state index is 9.98. The number of hydrogen-bond acceptors (Lipinski definition) is 2. The molecule has 2 heteroatoms. The number of rotatable bonds is 1. The first-order valence-corrected chi connectivity index (χ1v) is 5.65. The summed E-state index contributed by atoms with van der Waals surface area (Å²) in [5.74, 6) is 0.311. The average Bonchev–Trinajstić information content (AvgIpc) is 2.23. The van der Waals surface area contributed by atoms with Gasteiger partial charge in [0.25, 0.3) is 0 Å². The topological polar surface area (TPSA) is 32.3 Å². The van der Waals surface area contributed by atoms with Crippen LogP contribution in [0.1, 0.15) is 29.0 Å². The van der Waals surface area contributed by atoms with Crippen LogP contribution in [0.2, 0.25) is 0 Å². The fraction of sp³-hybridized carbons (Fsp3) is 0.538. The normalized spacial score (nSPS) is 26.6. The predicted octanol–water partition coefficient (Wildman–Crippen LogP) is 1.74. The van der Waals surface area contributed by atoms with Crippen molar-refractivity contribution in [3.05, 3.63) is 34.9 Å². The standard InChI is InChI=1S/C13H19NO/c1-9-4-3-5-11(10(9)2)12-6-7-14-8-13(12)15/h3-5,12-15H,6-8H2,1-2H3. The van der Waals surface area contributed by atoms with E-state index in [1.165, 1.54) is 16.7 Å². The zero-order valence-electron chi connectivity index (χ0n) is 9.46. The highest BCUT2D eigenvalue weighted by Crippen LogP contribution is 2.29. The van der Waals surface area contributed by atoms with Gasteiger partial charge in [0.15, 0.2) is 0 Å². The summed E-state index contributed by atoms with van der Waals surface area (Å²) in [5, 5.41) is 13.2. The number of nitrogens with one attached hydrogen (secondary N) is 1. The van der Waals surface area contributed by atoms with E-state index in [-0.39, 0.29) is 6.10 Å². The van der Waals surface area contributed by atoms with Crippen LogP contribution in [0.25, 0.3) is 0 Å². The lowest BCUT2D eigenvalue weighted by Gasteiger charge is -2.30. The second-order valence-electron chi connectivity index (χ2n) is 4.46. The van der Waals surface area contributed by atoms with Crippen molar-refractivity contribution in [3.63, 3.8) is 0 Å². The highest BCUT2D eigenvalue weighted by Gasteiger charge is 2.25. The first kappa shape index (κ1) is 10.7. The molecule has 0 saturated carbocycles. The highest BCUT2D eigenvalue weighted by atomic mass is 16.3. The number of hydrogen-bond donors (Lipinski definition) is 2. The van der Waals surface area contributed by atoms with Gasteiger partial charge in [0.1, 0.15) is 0 Å². The molecule has 1 aliphatic heterocycles. The van der Waals surface area contributed by atoms with E-state index in [9.17, 15) is 5.11 Å². The Kier molecular flexibility index (Phi) is 3.08. The summed E-state index contributed by atoms with van der Waals surface area (Å²) in [6.45, 7) is 6.01. The van der Waals surface area contributed by atoms with Gasteiger partial charge in [0.2, 0.25) is 0 Å². The second kappa shape index (κ2) is 4.33. The summed E-state index contributed by atoms with van der Waals surface area (Å²) in [6, 6.07) is 6.38. The van der Waals surface area contributed by atoms with Crippen LogP contribution in [-0.4, -0.2) is 24.3 Å². The Morgan fingerprint density at radius 3 is 2.87 bits per heavy atom. The molecule has 1 fully saturated rings. The van der Waals surface area contributed by atoms with E-state index in [1.54, 1.807) is 0 Å². The van der Waals surface area contributed by atoms with Crippen LogP contribution in [0.3, 0.4) is 0 Å². The molecule has 0 bridgehead atoms. The lowest BCUT2D eigenvalue weighted by atomic mass is 9.84. The fourth-order valence-corrected chi connectivity index (χ4v) is 2.38. The number of aliphatic hydroxyl groups is 1. The van der Waals surface area contributed by atoms with Crippen molar-refractivity contribution in [3.8, 4) is 0 Å². The number of benzene rings is 1. The van der Waals surface area contributed by atoms with Crippen molar-refractivity contribution in [2.24, 2.45) is 0 Å². The van der Waals surface area contributed by atoms with Gasteiger partial charge in [-0.25, -0.2) is 0 Å². The fourth-order valence-electron chi connectivity index (χ4n) is 2.38. The Morgan fingerprint density at radius 2 is 2.13 bits per heavy atom. The van der Waals surface area contributed by atoms with Crippen LogP contribution in [0.5, 0.6) is 0 Å². The molecule has 15 heavy (non-hydrogen) atoms. The lowest BCUT2D eigenvalue weighted by molar-refractivity contribution is 0.118. The Balaban J connectivity index is 2.31. The first-order chi connectivity index (χ1) is 7.20. The van der Waals surface area contributed by atoms with Gasteiger partial charge in [-0.2, -0.15) is 0 Å². The summed E-state index contributed by atoms with van der Waals surface area (Å²) in [7, 11) is 0. The number of aryl methyl sites for hydroxylation is 1. The van der Waals surface area contributed by atoms with Crippen LogP contribution in [-0.2, 0) is 0 Å². The van der Waals surface area contributed by atoms with Crippen molar-refractivity contribution >= 4 is 0 Å². The van der Waals surface area contributed by atoms with E-state index in [0.29, 0.717) is 5.92 Å². The Hall–Kier alpha value is -0.860. The van der Waals surface area contributed by atoms with Crippen molar-refractivity contribution in [2.45, 2.75) is 32.3 Å². The number of aliphatic hydroxyl groups excluding tert-OH is 1. The van der Waals surface area contributed by atoms with Crippen molar-refractivity contribution in [2.75, 3.05) is 13.1 Å². The lowest BCUT2D eigenvalue weighted by Crippen LogP contribution is -2.39. The molecule has 1 aromatic carbocycles. The molecule has 1 heterocycles. The van der Waals surface area contributed by atoms with Gasteiger partial charge < -0.3 is 10.4 Å². The van der Waals surface area contributed by atoms with Gasteiger partial charge >= 0.3 is 0 Å². The Labute approximate surface area is 91.3 Å². The molecule has 0 spiro atoms. The zero-order valence-corrected chi connectivity index (χ0v) is 9.46. The molecule has 2 nitrogen and oxygen atoms in total. The van der Waals surface area contributed by atoms with E-state index < -0.39 is 0 Å². The minimum absolute atomic E-state index is 0.237. The molecule has 0 aromatic heterocycles. The molecule has 1 aromatic rings. The molecule has 0 amide bonds. The van der Waals surface area contributed by atoms with Crippen molar-refractivity contribution in [1.82, 2.24) is 5.32 Å². The second-order valence-corrected chi connectivity index (χ2v) is 4.46. The molecule has 82 valence electrons. The summed E-state index contributed by atoms with van der Waals surface area (Å²) in [4.78, 5) is 0. The van der Waals surface area contributed by atoms with Crippen molar-refractivity contribution in [1.29, 1.82) is 0 Å². The van der Waals surface area contributed by atoms with E-state index >= 15 is 0 Å². The predicted molar refractivity (Wildman–Crippen MR) is 62.2 cm³/mol. The third kappa shape index (κ3) is 2.06. The van der Waals surface area contributed by atoms with Gasteiger partial charge in [-0.15, -0.1) is 0 Å². The van der Waals surface area contributed by atoms with Gasteiger partial charge in [-0.05, 0) is 43.5 Å². The molecular formula is C13H19NO. The smallest absolute Gasteiger partial charge is 0.0733 e. The van der Waals surface area contributed by atoms with Crippen LogP contribution < -0.4 is 5.32 Å². The van der Waals surface area contributed by atoms with Gasteiger partial charge in [0.05, 0.1) is 6.10 Å². The molecule has 0 radical (unpaired) electrons. The minimum Gasteiger partial charge on any atom is -0.391 e. The van der Waals surface area contributed by atoms with E-state index in [4.69, 9.17) is 0 Å². The molecule has 2 unspecified atom stereocenters. The molecule has 2 atom stereocenters. The van der Waals surface area contributed by atoms with E-state index in [0.717, 1.165) is 19.5 Å². The molecule has 1 aliphatic rings. The summed E-state index contributed by atoms with van der Waals surface area (Å²) >= 11 is 0. The van der Waals surface area contributed by atoms with Crippen LogP contribution >= 0.6 is 0 Å². The molecule has 1 saturated heterocycles. The third-order valence-electron chi connectivity index (χ3n) is 3.50. The Morgan fingerprint density at radius 1 is 1.33 bits per heavy atom. The quantitative estimate of drug-likeness (QED) is 0.732. The highest BCUT2D eigenvalue weighted by molar-refractivity contribution is 5.36. The van der Waals surface area contributed by atoms with Gasteiger partial charge in [-0.1, -0.05) is 18.2 Å². The average molecular weight is 205 g/mol. The summed E-state index contributed by atoms with van der Waals surface area (Å²) in [5.41, 5.74) is 3.98. The van der Waals surface area contributed by atoms with Gasteiger partial charge in [-0.3, -0.25) is 0 Å². The SMILES string of the molecule is Cc1cccc(C2CCNCC2O)c1C. The monoisotopic (exact) mass is 205 g/mol. The van der Waals surface area contributed by atoms with Crippen molar-refractivity contribution < 1.29 is 5.11 Å². The van der Waals surface area contributed by atoms with Crippen LogP contribution in [0.15, 0.2) is 18.2 Å². The number of piperidine rings is 1. The Bertz CT molecular complexity index is 348. The van der Waals surface area contributed by atoms with Crippen LogP contribution in [0, 0.1) is 13.8 Å². The molecule has 2 rings (SSSR count). The molecular weight excluding hydrogens is 186 g/mol. The largest absolute Gasteiger partial charge is 0.391 e.